The van der Waals surface area contributed by atoms with Gasteiger partial charge in [0.05, 0.1) is 10.9 Å². The quantitative estimate of drug-likeness (QED) is 0.792. The number of fused-ring (bicyclic) bond motifs is 2. The van der Waals surface area contributed by atoms with Crippen LogP contribution in [0.15, 0.2) is 29.1 Å². The van der Waals surface area contributed by atoms with Crippen molar-refractivity contribution in [3.05, 3.63) is 40.4 Å². The summed E-state index contributed by atoms with van der Waals surface area (Å²) in [5, 5.41) is 9.55. The molecule has 3 rings (SSSR count). The maximum absolute atomic E-state index is 12.2. The zero-order valence-electron chi connectivity index (χ0n) is 8.96. The lowest BCUT2D eigenvalue weighted by Gasteiger charge is -2.09. The van der Waals surface area contributed by atoms with Crippen LogP contribution in [0.25, 0.3) is 10.9 Å². The van der Waals surface area contributed by atoms with Crippen LogP contribution in [0.2, 0.25) is 0 Å². The molecule has 5 nitrogen and oxygen atoms in total. The Labute approximate surface area is 96.3 Å². The van der Waals surface area contributed by atoms with Gasteiger partial charge >= 0.3 is 5.97 Å². The van der Waals surface area contributed by atoms with Crippen LogP contribution < -0.4 is 5.56 Å². The number of benzene rings is 1. The van der Waals surface area contributed by atoms with Gasteiger partial charge in [0.25, 0.3) is 5.56 Å². The number of carboxylic acid groups (broad SMARTS) is 1. The fourth-order valence-electron chi connectivity index (χ4n) is 2.32. The molecule has 2 heterocycles. The lowest BCUT2D eigenvalue weighted by Crippen LogP contribution is -2.28. The van der Waals surface area contributed by atoms with E-state index < -0.39 is 12.0 Å². The van der Waals surface area contributed by atoms with Gasteiger partial charge in [0.2, 0.25) is 0 Å². The van der Waals surface area contributed by atoms with Crippen LogP contribution in [-0.4, -0.2) is 20.6 Å². The first kappa shape index (κ1) is 10.0. The van der Waals surface area contributed by atoms with Gasteiger partial charge in [0.1, 0.15) is 11.9 Å². The number of carbonyl (C=O) groups is 1. The predicted molar refractivity (Wildman–Crippen MR) is 61.0 cm³/mol. The number of aromatic nitrogens is 2. The molecule has 1 atom stereocenters. The van der Waals surface area contributed by atoms with Gasteiger partial charge in [-0.15, -0.1) is 0 Å². The Balaban J connectivity index is 2.37. The summed E-state index contributed by atoms with van der Waals surface area (Å²) < 4.78 is 1.31. The SMILES string of the molecule is O=C(O)C1CCc2nc3ccccc3c(=O)n21. The summed E-state index contributed by atoms with van der Waals surface area (Å²) in [6, 6.07) is 6.24. The minimum absolute atomic E-state index is 0.254. The Bertz CT molecular complexity index is 675. The summed E-state index contributed by atoms with van der Waals surface area (Å²) in [6.07, 6.45) is 0.977. The van der Waals surface area contributed by atoms with E-state index in [9.17, 15) is 9.59 Å². The fraction of sp³-hybridized carbons (Fsp3) is 0.250. The molecular formula is C12H10N2O3. The molecule has 0 spiro atoms. The van der Waals surface area contributed by atoms with E-state index in [4.69, 9.17) is 5.11 Å². The maximum atomic E-state index is 12.2. The largest absolute Gasteiger partial charge is 0.480 e. The lowest BCUT2D eigenvalue weighted by atomic mass is 10.2. The second kappa shape index (κ2) is 3.41. The normalized spacial score (nSPS) is 18.2. The van der Waals surface area contributed by atoms with Gasteiger partial charge in [-0.25, -0.2) is 9.78 Å². The van der Waals surface area contributed by atoms with E-state index in [-0.39, 0.29) is 5.56 Å². The molecule has 86 valence electrons. The number of aliphatic carboxylic acids is 1. The smallest absolute Gasteiger partial charge is 0.326 e. The predicted octanol–water partition coefficient (Wildman–Crippen LogP) is 0.968. The van der Waals surface area contributed by atoms with Gasteiger partial charge in [-0.05, 0) is 18.6 Å². The van der Waals surface area contributed by atoms with Gasteiger partial charge in [0.15, 0.2) is 0 Å². The van der Waals surface area contributed by atoms with E-state index in [2.05, 4.69) is 4.98 Å². The summed E-state index contributed by atoms with van der Waals surface area (Å²) in [5.41, 5.74) is 0.380. The number of rotatable bonds is 1. The van der Waals surface area contributed by atoms with Crippen molar-refractivity contribution in [2.45, 2.75) is 18.9 Å². The Morgan fingerprint density at radius 1 is 1.41 bits per heavy atom. The first-order valence-corrected chi connectivity index (χ1v) is 5.41. The van der Waals surface area contributed by atoms with Crippen LogP contribution >= 0.6 is 0 Å². The molecule has 0 saturated heterocycles. The fourth-order valence-corrected chi connectivity index (χ4v) is 2.32. The highest BCUT2D eigenvalue weighted by Gasteiger charge is 2.30. The number of aryl methyl sites for hydroxylation is 1. The van der Waals surface area contributed by atoms with Crippen molar-refractivity contribution in [3.8, 4) is 0 Å². The van der Waals surface area contributed by atoms with Crippen molar-refractivity contribution in [2.75, 3.05) is 0 Å². The Morgan fingerprint density at radius 3 is 2.94 bits per heavy atom. The Kier molecular flexibility index (Phi) is 2.01. The molecule has 1 N–H and O–H groups in total. The number of hydrogen-bond donors (Lipinski definition) is 1. The number of hydrogen-bond acceptors (Lipinski definition) is 3. The van der Waals surface area contributed by atoms with Gasteiger partial charge in [-0.1, -0.05) is 12.1 Å². The number of para-hydroxylation sites is 1. The highest BCUT2D eigenvalue weighted by atomic mass is 16.4. The second-order valence-electron chi connectivity index (χ2n) is 4.11. The minimum atomic E-state index is -0.970. The van der Waals surface area contributed by atoms with E-state index in [1.807, 2.05) is 6.07 Å². The zero-order valence-corrected chi connectivity index (χ0v) is 8.96. The van der Waals surface area contributed by atoms with Crippen molar-refractivity contribution in [1.82, 2.24) is 9.55 Å². The van der Waals surface area contributed by atoms with Crippen LogP contribution in [0.4, 0.5) is 0 Å². The highest BCUT2D eigenvalue weighted by molar-refractivity contribution is 5.79. The van der Waals surface area contributed by atoms with Gasteiger partial charge in [0, 0.05) is 6.42 Å². The molecule has 0 aliphatic carbocycles. The second-order valence-corrected chi connectivity index (χ2v) is 4.11. The Hall–Kier alpha value is -2.17. The summed E-state index contributed by atoms with van der Waals surface area (Å²) in [7, 11) is 0. The number of carboxylic acids is 1. The highest BCUT2D eigenvalue weighted by Crippen LogP contribution is 2.23. The first-order chi connectivity index (χ1) is 8.18. The van der Waals surface area contributed by atoms with Crippen molar-refractivity contribution >= 4 is 16.9 Å². The summed E-state index contributed by atoms with van der Waals surface area (Å²) in [6.45, 7) is 0. The van der Waals surface area contributed by atoms with Crippen molar-refractivity contribution in [2.24, 2.45) is 0 Å². The van der Waals surface area contributed by atoms with Gasteiger partial charge < -0.3 is 5.11 Å². The molecule has 0 bridgehead atoms. The minimum Gasteiger partial charge on any atom is -0.480 e. The molecule has 5 heteroatoms. The monoisotopic (exact) mass is 230 g/mol. The molecule has 1 aromatic heterocycles. The number of nitrogens with zero attached hydrogens (tertiary/aromatic N) is 2. The van der Waals surface area contributed by atoms with Crippen molar-refractivity contribution in [3.63, 3.8) is 0 Å². The lowest BCUT2D eigenvalue weighted by molar-refractivity contribution is -0.140. The van der Waals surface area contributed by atoms with E-state index in [0.717, 1.165) is 0 Å². The van der Waals surface area contributed by atoms with Gasteiger partial charge in [-0.3, -0.25) is 9.36 Å². The molecule has 1 aliphatic rings. The average Bonchev–Trinajstić information content (AvgIpc) is 2.73. The van der Waals surface area contributed by atoms with Crippen LogP contribution in [0.5, 0.6) is 0 Å². The Morgan fingerprint density at radius 2 is 2.18 bits per heavy atom. The van der Waals surface area contributed by atoms with Gasteiger partial charge in [-0.2, -0.15) is 0 Å². The summed E-state index contributed by atoms with van der Waals surface area (Å²) >= 11 is 0. The zero-order chi connectivity index (χ0) is 12.0. The maximum Gasteiger partial charge on any atom is 0.326 e. The molecule has 2 aromatic rings. The molecule has 1 unspecified atom stereocenters. The van der Waals surface area contributed by atoms with E-state index in [1.165, 1.54) is 4.57 Å². The van der Waals surface area contributed by atoms with E-state index in [0.29, 0.717) is 29.6 Å². The van der Waals surface area contributed by atoms with Crippen LogP contribution in [-0.2, 0) is 11.2 Å². The molecule has 1 aromatic carbocycles. The molecule has 0 amide bonds. The van der Waals surface area contributed by atoms with Crippen LogP contribution in [0.1, 0.15) is 18.3 Å². The van der Waals surface area contributed by atoms with E-state index >= 15 is 0 Å². The average molecular weight is 230 g/mol. The third-order valence-corrected chi connectivity index (χ3v) is 3.12. The summed E-state index contributed by atoms with van der Waals surface area (Å²) in [4.78, 5) is 27.6. The standard InChI is InChI=1S/C12H10N2O3/c15-11-7-3-1-2-4-8(7)13-10-6-5-9(12(16)17)14(10)11/h1-4,9H,5-6H2,(H,16,17). The van der Waals surface area contributed by atoms with Crippen LogP contribution in [0.3, 0.4) is 0 Å². The topological polar surface area (TPSA) is 72.2 Å². The molecule has 0 radical (unpaired) electrons. The molecule has 0 fully saturated rings. The molecule has 0 saturated carbocycles. The van der Waals surface area contributed by atoms with Crippen molar-refractivity contribution < 1.29 is 9.90 Å². The third kappa shape index (κ3) is 1.35. The molecule has 1 aliphatic heterocycles. The molecular weight excluding hydrogens is 220 g/mol. The third-order valence-electron chi connectivity index (χ3n) is 3.12. The van der Waals surface area contributed by atoms with Crippen molar-refractivity contribution in [1.29, 1.82) is 0 Å². The first-order valence-electron chi connectivity index (χ1n) is 5.41. The van der Waals surface area contributed by atoms with E-state index in [1.54, 1.807) is 18.2 Å². The van der Waals surface area contributed by atoms with Crippen LogP contribution in [0, 0.1) is 0 Å². The summed E-state index contributed by atoms with van der Waals surface area (Å²) in [5.74, 6) is -0.399. The molecule has 17 heavy (non-hydrogen) atoms.